The minimum Gasteiger partial charge on any atom is -0.260 e. The smallest absolute Gasteiger partial charge is 0.243 e. The monoisotopic (exact) mass is 419 g/mol. The second kappa shape index (κ2) is 8.78. The molecule has 0 saturated heterocycles. The van der Waals surface area contributed by atoms with Gasteiger partial charge in [-0.25, -0.2) is 8.42 Å². The van der Waals surface area contributed by atoms with Crippen LogP contribution in [0, 0.1) is 11.3 Å². The number of nitriles is 1. The Morgan fingerprint density at radius 2 is 1.60 bits per heavy atom. The molecule has 0 spiro atoms. The highest BCUT2D eigenvalue weighted by Crippen LogP contribution is 2.26. The average Bonchev–Trinajstić information content (AvgIpc) is 2.74. The van der Waals surface area contributed by atoms with Crippen LogP contribution in [-0.2, 0) is 28.5 Å². The minimum absolute atomic E-state index is 0.0571. The summed E-state index contributed by atoms with van der Waals surface area (Å²) in [6.45, 7) is 6.62. The van der Waals surface area contributed by atoms with Gasteiger partial charge < -0.3 is 0 Å². The third-order valence-electron chi connectivity index (χ3n) is 4.86. The lowest BCUT2D eigenvalue weighted by Gasteiger charge is -2.23. The van der Waals surface area contributed by atoms with E-state index >= 15 is 0 Å². The van der Waals surface area contributed by atoms with E-state index in [1.54, 1.807) is 48.7 Å². The summed E-state index contributed by atoms with van der Waals surface area (Å²) < 4.78 is 28.4. The SMILES string of the molecule is CC(C)(C)c1ccc(S(=O)(=O)N(Cc2ccc(C#N)cc2)Cc2ccccn2)cc1. The summed E-state index contributed by atoms with van der Waals surface area (Å²) in [5.41, 5.74) is 3.03. The highest BCUT2D eigenvalue weighted by atomic mass is 32.2. The van der Waals surface area contributed by atoms with E-state index in [1.165, 1.54) is 4.31 Å². The van der Waals surface area contributed by atoms with Gasteiger partial charge in [0.15, 0.2) is 0 Å². The number of hydrogen-bond donors (Lipinski definition) is 0. The van der Waals surface area contributed by atoms with Crippen LogP contribution >= 0.6 is 0 Å². The average molecular weight is 420 g/mol. The van der Waals surface area contributed by atoms with E-state index in [4.69, 9.17) is 5.26 Å². The van der Waals surface area contributed by atoms with Gasteiger partial charge in [0.1, 0.15) is 0 Å². The Balaban J connectivity index is 1.95. The maximum absolute atomic E-state index is 13.5. The first-order chi connectivity index (χ1) is 14.2. The van der Waals surface area contributed by atoms with Crippen molar-refractivity contribution >= 4 is 10.0 Å². The van der Waals surface area contributed by atoms with Gasteiger partial charge in [0.25, 0.3) is 0 Å². The summed E-state index contributed by atoms with van der Waals surface area (Å²) in [4.78, 5) is 4.54. The van der Waals surface area contributed by atoms with E-state index in [1.807, 2.05) is 24.3 Å². The van der Waals surface area contributed by atoms with E-state index in [9.17, 15) is 8.42 Å². The Kier molecular flexibility index (Phi) is 6.35. The lowest BCUT2D eigenvalue weighted by Crippen LogP contribution is -2.30. The normalized spacial score (nSPS) is 12.0. The zero-order chi connectivity index (χ0) is 21.8. The fourth-order valence-corrected chi connectivity index (χ4v) is 4.46. The molecule has 0 N–H and O–H groups in total. The first kappa shape index (κ1) is 21.7. The highest BCUT2D eigenvalue weighted by molar-refractivity contribution is 7.89. The molecule has 0 saturated carbocycles. The van der Waals surface area contributed by atoms with E-state index in [0.29, 0.717) is 11.3 Å². The third kappa shape index (κ3) is 5.12. The number of hydrogen-bond acceptors (Lipinski definition) is 4. The second-order valence-corrected chi connectivity index (χ2v) is 10.1. The topological polar surface area (TPSA) is 74.1 Å². The van der Waals surface area contributed by atoms with Crippen molar-refractivity contribution in [1.29, 1.82) is 5.26 Å². The second-order valence-electron chi connectivity index (χ2n) is 8.18. The summed E-state index contributed by atoms with van der Waals surface area (Å²) in [6, 6.07) is 21.5. The molecular formula is C24H25N3O2S. The predicted octanol–water partition coefficient (Wildman–Crippen LogP) is 4.64. The molecule has 0 aliphatic heterocycles. The van der Waals surface area contributed by atoms with Gasteiger partial charge in [-0.1, -0.05) is 51.1 Å². The van der Waals surface area contributed by atoms with Crippen LogP contribution in [0.1, 0.15) is 43.2 Å². The van der Waals surface area contributed by atoms with Gasteiger partial charge in [0.05, 0.1) is 28.8 Å². The first-order valence-corrected chi connectivity index (χ1v) is 11.1. The summed E-state index contributed by atoms with van der Waals surface area (Å²) >= 11 is 0. The van der Waals surface area contributed by atoms with E-state index in [2.05, 4.69) is 31.8 Å². The largest absolute Gasteiger partial charge is 0.260 e. The molecule has 2 aromatic carbocycles. The molecule has 0 aliphatic carbocycles. The van der Waals surface area contributed by atoms with Gasteiger partial charge in [0, 0.05) is 12.7 Å². The maximum atomic E-state index is 13.5. The maximum Gasteiger partial charge on any atom is 0.243 e. The number of nitrogens with zero attached hydrogens (tertiary/aromatic N) is 3. The van der Waals surface area contributed by atoms with E-state index in [0.717, 1.165) is 11.1 Å². The van der Waals surface area contributed by atoms with Crippen molar-refractivity contribution in [2.24, 2.45) is 0 Å². The summed E-state index contributed by atoms with van der Waals surface area (Å²) in [5, 5.41) is 9.00. The molecule has 6 heteroatoms. The standard InChI is InChI=1S/C24H25N3O2S/c1-24(2,3)21-11-13-23(14-12-21)30(28,29)27(18-22-6-4-5-15-26-22)17-20-9-7-19(16-25)8-10-20/h4-15H,17-18H2,1-3H3. The molecular weight excluding hydrogens is 394 g/mol. The van der Waals surface area contributed by atoms with Gasteiger partial charge >= 0.3 is 0 Å². The van der Waals surface area contributed by atoms with Crippen molar-refractivity contribution in [1.82, 2.24) is 9.29 Å². The molecule has 0 unspecified atom stereocenters. The minimum atomic E-state index is -3.75. The lowest BCUT2D eigenvalue weighted by atomic mass is 9.87. The van der Waals surface area contributed by atoms with Crippen LogP contribution in [0.25, 0.3) is 0 Å². The van der Waals surface area contributed by atoms with Crippen molar-refractivity contribution in [3.63, 3.8) is 0 Å². The van der Waals surface area contributed by atoms with Crippen LogP contribution in [0.4, 0.5) is 0 Å². The highest BCUT2D eigenvalue weighted by Gasteiger charge is 2.26. The Labute approximate surface area is 178 Å². The van der Waals surface area contributed by atoms with Crippen LogP contribution in [0.5, 0.6) is 0 Å². The molecule has 5 nitrogen and oxygen atoms in total. The lowest BCUT2D eigenvalue weighted by molar-refractivity contribution is 0.397. The molecule has 3 aromatic rings. The van der Waals surface area contributed by atoms with Gasteiger partial charge in [-0.3, -0.25) is 4.98 Å². The Bertz CT molecular complexity index is 1130. The van der Waals surface area contributed by atoms with Crippen LogP contribution in [0.3, 0.4) is 0 Å². The molecule has 0 bridgehead atoms. The number of sulfonamides is 1. The molecule has 30 heavy (non-hydrogen) atoms. The molecule has 3 rings (SSSR count). The van der Waals surface area contributed by atoms with Crippen LogP contribution < -0.4 is 0 Å². The zero-order valence-electron chi connectivity index (χ0n) is 17.4. The molecule has 0 aliphatic rings. The molecule has 154 valence electrons. The fourth-order valence-electron chi connectivity index (χ4n) is 3.06. The van der Waals surface area contributed by atoms with Crippen molar-refractivity contribution in [2.45, 2.75) is 44.2 Å². The molecule has 1 aromatic heterocycles. The third-order valence-corrected chi connectivity index (χ3v) is 6.67. The molecule has 1 heterocycles. The van der Waals surface area contributed by atoms with Gasteiger partial charge in [0.2, 0.25) is 10.0 Å². The van der Waals surface area contributed by atoms with Crippen LogP contribution in [0.15, 0.2) is 77.8 Å². The molecule has 0 amide bonds. The Morgan fingerprint density at radius 1 is 0.933 bits per heavy atom. The molecule has 0 atom stereocenters. The predicted molar refractivity (Wildman–Crippen MR) is 117 cm³/mol. The van der Waals surface area contributed by atoms with Crippen molar-refractivity contribution in [3.8, 4) is 6.07 Å². The zero-order valence-corrected chi connectivity index (χ0v) is 18.2. The number of rotatable bonds is 6. The van der Waals surface area contributed by atoms with Crippen molar-refractivity contribution < 1.29 is 8.42 Å². The van der Waals surface area contributed by atoms with Crippen molar-refractivity contribution in [2.75, 3.05) is 0 Å². The molecule has 0 fully saturated rings. The Hall–Kier alpha value is -3.01. The fraction of sp³-hybridized carbons (Fsp3) is 0.250. The first-order valence-electron chi connectivity index (χ1n) is 9.70. The quantitative estimate of drug-likeness (QED) is 0.583. The Morgan fingerprint density at radius 3 is 2.13 bits per heavy atom. The van der Waals surface area contributed by atoms with E-state index < -0.39 is 10.0 Å². The summed E-state index contributed by atoms with van der Waals surface area (Å²) in [7, 11) is -3.75. The number of benzene rings is 2. The van der Waals surface area contributed by atoms with Crippen molar-refractivity contribution in [3.05, 3.63) is 95.3 Å². The number of aromatic nitrogens is 1. The summed E-state index contributed by atoms with van der Waals surface area (Å²) in [6.07, 6.45) is 1.65. The van der Waals surface area contributed by atoms with Gasteiger partial charge in [-0.2, -0.15) is 9.57 Å². The summed E-state index contributed by atoms with van der Waals surface area (Å²) in [5.74, 6) is 0. The van der Waals surface area contributed by atoms with Crippen LogP contribution in [0.2, 0.25) is 0 Å². The van der Waals surface area contributed by atoms with Gasteiger partial charge in [-0.15, -0.1) is 0 Å². The van der Waals surface area contributed by atoms with Crippen LogP contribution in [-0.4, -0.2) is 17.7 Å². The number of pyridine rings is 1. The molecule has 0 radical (unpaired) electrons. The van der Waals surface area contributed by atoms with Gasteiger partial charge in [-0.05, 0) is 52.9 Å². The van der Waals surface area contributed by atoms with E-state index in [-0.39, 0.29) is 23.4 Å².